The second-order valence-electron chi connectivity index (χ2n) is 10.7. The van der Waals surface area contributed by atoms with Crippen molar-refractivity contribution in [3.05, 3.63) is 35.9 Å². The van der Waals surface area contributed by atoms with Crippen LogP contribution >= 0.6 is 0 Å². The van der Waals surface area contributed by atoms with Crippen LogP contribution in [0.5, 0.6) is 0 Å². The molecule has 3 saturated heterocycles. The van der Waals surface area contributed by atoms with Crippen molar-refractivity contribution >= 4 is 23.9 Å². The third kappa shape index (κ3) is 5.72. The molecule has 196 valence electrons. The minimum absolute atomic E-state index is 0.0969. The molecule has 3 aliphatic rings. The molecule has 11 nitrogen and oxygen atoms in total. The van der Waals surface area contributed by atoms with E-state index in [4.69, 9.17) is 9.57 Å². The molecule has 1 aromatic carbocycles. The van der Waals surface area contributed by atoms with Gasteiger partial charge < -0.3 is 14.5 Å². The highest BCUT2D eigenvalue weighted by Gasteiger charge is 2.48. The summed E-state index contributed by atoms with van der Waals surface area (Å²) >= 11 is 0. The summed E-state index contributed by atoms with van der Waals surface area (Å²) in [5, 5.41) is 1.37. The number of hydrogen-bond donors (Lipinski definition) is 2. The second-order valence-corrected chi connectivity index (χ2v) is 10.7. The highest BCUT2D eigenvalue weighted by atomic mass is 16.7. The lowest BCUT2D eigenvalue weighted by molar-refractivity contribution is -0.140. The maximum absolute atomic E-state index is 12.9. The van der Waals surface area contributed by atoms with E-state index in [9.17, 15) is 19.2 Å². The molecule has 2 N–H and O–H groups in total. The molecule has 0 unspecified atom stereocenters. The zero-order valence-corrected chi connectivity index (χ0v) is 21.2. The van der Waals surface area contributed by atoms with Crippen LogP contribution in [-0.4, -0.2) is 76.1 Å². The van der Waals surface area contributed by atoms with Crippen LogP contribution in [0.2, 0.25) is 0 Å². The van der Waals surface area contributed by atoms with Gasteiger partial charge in [0.15, 0.2) is 0 Å². The van der Waals surface area contributed by atoms with E-state index in [0.717, 1.165) is 5.56 Å². The largest absolute Gasteiger partial charge is 0.444 e. The monoisotopic (exact) mass is 501 g/mol. The molecule has 4 atom stereocenters. The van der Waals surface area contributed by atoms with Crippen LogP contribution in [0.25, 0.3) is 0 Å². The number of carbonyl (C=O) groups excluding carboxylic acids is 4. The molecule has 0 saturated carbocycles. The summed E-state index contributed by atoms with van der Waals surface area (Å²) in [4.78, 5) is 59.7. The molecule has 4 rings (SSSR count). The van der Waals surface area contributed by atoms with Crippen molar-refractivity contribution in [3.8, 4) is 0 Å². The SMILES string of the molecule is C[C@H]1CN(C(=O)OC(C)(C)C)C[C@@H]1C(=O)NNC(=O)[C@@H]1CC[C@@H]2CN1C(=O)N2OCc1ccccc1. The van der Waals surface area contributed by atoms with Crippen LogP contribution in [0.4, 0.5) is 9.59 Å². The van der Waals surface area contributed by atoms with E-state index in [1.807, 2.05) is 37.3 Å². The Morgan fingerprint density at radius 1 is 1.00 bits per heavy atom. The Morgan fingerprint density at radius 2 is 1.69 bits per heavy atom. The van der Waals surface area contributed by atoms with Crippen molar-refractivity contribution in [1.29, 1.82) is 0 Å². The van der Waals surface area contributed by atoms with Gasteiger partial charge in [-0.1, -0.05) is 37.3 Å². The number of urea groups is 1. The number of hydrazine groups is 1. The molecule has 3 aliphatic heterocycles. The first-order valence-electron chi connectivity index (χ1n) is 12.4. The van der Waals surface area contributed by atoms with Gasteiger partial charge in [0.2, 0.25) is 5.91 Å². The van der Waals surface area contributed by atoms with E-state index >= 15 is 0 Å². The van der Waals surface area contributed by atoms with Crippen molar-refractivity contribution in [3.63, 3.8) is 0 Å². The number of hydrogen-bond acceptors (Lipinski definition) is 6. The summed E-state index contributed by atoms with van der Waals surface area (Å²) in [6.07, 6.45) is 0.625. The van der Waals surface area contributed by atoms with E-state index in [1.54, 1.807) is 20.8 Å². The van der Waals surface area contributed by atoms with Crippen LogP contribution in [-0.2, 0) is 25.8 Å². The smallest absolute Gasteiger partial charge is 0.410 e. The Balaban J connectivity index is 1.27. The molecule has 3 fully saturated rings. The Morgan fingerprint density at radius 3 is 2.39 bits per heavy atom. The number of hydroxylamine groups is 2. The maximum atomic E-state index is 12.9. The van der Waals surface area contributed by atoms with Crippen molar-refractivity contribution in [2.45, 2.75) is 64.8 Å². The summed E-state index contributed by atoms with van der Waals surface area (Å²) < 4.78 is 5.40. The Kier molecular flexibility index (Phi) is 7.39. The van der Waals surface area contributed by atoms with E-state index in [0.29, 0.717) is 25.9 Å². The first kappa shape index (κ1) is 25.7. The number of amides is 5. The highest BCUT2D eigenvalue weighted by molar-refractivity contribution is 5.90. The van der Waals surface area contributed by atoms with E-state index in [1.165, 1.54) is 14.9 Å². The maximum Gasteiger partial charge on any atom is 0.410 e. The highest BCUT2D eigenvalue weighted by Crippen LogP contribution is 2.30. The van der Waals surface area contributed by atoms with Gasteiger partial charge in [0.25, 0.3) is 5.91 Å². The third-order valence-electron chi connectivity index (χ3n) is 6.75. The van der Waals surface area contributed by atoms with Crippen LogP contribution in [0.3, 0.4) is 0 Å². The lowest BCUT2D eigenvalue weighted by atomic mass is 9.98. The van der Waals surface area contributed by atoms with Crippen molar-refractivity contribution in [1.82, 2.24) is 25.7 Å². The number of likely N-dealkylation sites (tertiary alicyclic amines) is 1. The summed E-state index contributed by atoms with van der Waals surface area (Å²) in [5.74, 6) is -1.41. The third-order valence-corrected chi connectivity index (χ3v) is 6.75. The topological polar surface area (TPSA) is 121 Å². The van der Waals surface area contributed by atoms with Crippen molar-refractivity contribution < 1.29 is 28.8 Å². The zero-order chi connectivity index (χ0) is 26.0. The Bertz CT molecular complexity index is 996. The number of nitrogens with one attached hydrogen (secondary N) is 2. The van der Waals surface area contributed by atoms with Gasteiger partial charge >= 0.3 is 12.1 Å². The van der Waals surface area contributed by atoms with Gasteiger partial charge in [0, 0.05) is 19.6 Å². The quantitative estimate of drug-likeness (QED) is 0.596. The van der Waals surface area contributed by atoms with E-state index in [-0.39, 0.29) is 37.0 Å². The molecule has 0 aliphatic carbocycles. The molecular formula is C25H35N5O6. The average molecular weight is 502 g/mol. The van der Waals surface area contributed by atoms with Crippen LogP contribution in [0, 0.1) is 11.8 Å². The molecule has 1 aromatic rings. The normalized spacial score (nSPS) is 25.7. The number of fused-ring (bicyclic) bond motifs is 2. The Labute approximate surface area is 211 Å². The van der Waals surface area contributed by atoms with Gasteiger partial charge in [-0.05, 0) is 45.1 Å². The number of rotatable bonds is 5. The number of nitrogens with zero attached hydrogens (tertiary/aromatic N) is 3. The molecular weight excluding hydrogens is 466 g/mol. The van der Waals surface area contributed by atoms with Crippen LogP contribution in [0.15, 0.2) is 30.3 Å². The summed E-state index contributed by atoms with van der Waals surface area (Å²) in [6.45, 7) is 8.51. The lowest BCUT2D eigenvalue weighted by Crippen LogP contribution is -2.55. The van der Waals surface area contributed by atoms with Crippen molar-refractivity contribution in [2.75, 3.05) is 19.6 Å². The molecule has 0 spiro atoms. The van der Waals surface area contributed by atoms with Gasteiger partial charge in [-0.2, -0.15) is 5.06 Å². The lowest BCUT2D eigenvalue weighted by Gasteiger charge is -2.29. The van der Waals surface area contributed by atoms with Gasteiger partial charge in [-0.15, -0.1) is 0 Å². The fourth-order valence-corrected chi connectivity index (χ4v) is 4.87. The van der Waals surface area contributed by atoms with Crippen molar-refractivity contribution in [2.24, 2.45) is 11.8 Å². The van der Waals surface area contributed by atoms with Crippen LogP contribution < -0.4 is 10.9 Å². The molecule has 0 aromatic heterocycles. The molecule has 5 amide bonds. The fraction of sp³-hybridized carbons (Fsp3) is 0.600. The minimum atomic E-state index is -0.696. The van der Waals surface area contributed by atoms with Gasteiger partial charge in [0.1, 0.15) is 18.2 Å². The molecule has 3 heterocycles. The van der Waals surface area contributed by atoms with Gasteiger partial charge in [-0.25, -0.2) is 9.59 Å². The number of piperidine rings is 1. The fourth-order valence-electron chi connectivity index (χ4n) is 4.87. The van der Waals surface area contributed by atoms with E-state index in [2.05, 4.69) is 10.9 Å². The second kappa shape index (κ2) is 10.3. The zero-order valence-electron chi connectivity index (χ0n) is 21.2. The standard InChI is InChI=1S/C25H35N5O6/c1-16-12-28(24(34)36-25(2,3)4)14-19(16)21(31)26-27-22(32)20-11-10-18-13-29(20)23(33)30(18)35-15-17-8-6-5-7-9-17/h5-9,16,18-20H,10-15H2,1-4H3,(H,26,31)(H,27,32)/t16-,18+,19-,20-/m0/s1. The predicted molar refractivity (Wildman–Crippen MR) is 129 cm³/mol. The predicted octanol–water partition coefficient (Wildman–Crippen LogP) is 2.04. The Hall–Kier alpha value is -3.34. The van der Waals surface area contributed by atoms with Gasteiger partial charge in [-0.3, -0.25) is 25.3 Å². The first-order valence-corrected chi connectivity index (χ1v) is 12.4. The molecule has 11 heteroatoms. The molecule has 36 heavy (non-hydrogen) atoms. The number of benzene rings is 1. The first-order chi connectivity index (χ1) is 17.0. The van der Waals surface area contributed by atoms with Crippen LogP contribution in [0.1, 0.15) is 46.1 Å². The summed E-state index contributed by atoms with van der Waals surface area (Å²) in [7, 11) is 0. The van der Waals surface area contributed by atoms with E-state index < -0.39 is 29.6 Å². The number of carbonyl (C=O) groups is 4. The summed E-state index contributed by atoms with van der Waals surface area (Å²) in [5.41, 5.74) is 5.30. The minimum Gasteiger partial charge on any atom is -0.444 e. The summed E-state index contributed by atoms with van der Waals surface area (Å²) in [6, 6.07) is 8.41. The van der Waals surface area contributed by atoms with Gasteiger partial charge in [0.05, 0.1) is 12.0 Å². The number of ether oxygens (including phenoxy) is 1. The molecule has 0 radical (unpaired) electrons. The average Bonchev–Trinajstić information content (AvgIpc) is 3.33. The molecule has 2 bridgehead atoms.